The van der Waals surface area contributed by atoms with Crippen LogP contribution in [-0.4, -0.2) is 35.6 Å². The van der Waals surface area contributed by atoms with Crippen molar-refractivity contribution in [3.63, 3.8) is 0 Å². The fourth-order valence-electron chi connectivity index (χ4n) is 3.63. The molecule has 168 valence electrons. The molecule has 2 aromatic heterocycles. The van der Waals surface area contributed by atoms with E-state index in [-0.39, 0.29) is 0 Å². The number of pyridine rings is 1. The summed E-state index contributed by atoms with van der Waals surface area (Å²) in [7, 11) is 3.15. The van der Waals surface area contributed by atoms with Crippen molar-refractivity contribution >= 4 is 46.2 Å². The molecule has 0 fully saturated rings. The summed E-state index contributed by atoms with van der Waals surface area (Å²) in [6, 6.07) is 9.22. The maximum Gasteiger partial charge on any atom is 0.227 e. The molecule has 0 aliphatic carbocycles. The molecule has 0 spiro atoms. The van der Waals surface area contributed by atoms with E-state index >= 15 is 0 Å². The highest BCUT2D eigenvalue weighted by Gasteiger charge is 2.18. The van der Waals surface area contributed by atoms with E-state index in [1.807, 2.05) is 32.0 Å². The lowest BCUT2D eigenvalue weighted by Crippen LogP contribution is -2.04. The number of carbonyl (C=O) groups is 1. The third-order valence-corrected chi connectivity index (χ3v) is 5.70. The zero-order valence-electron chi connectivity index (χ0n) is 18.6. The van der Waals surface area contributed by atoms with Crippen LogP contribution in [0.2, 0.25) is 5.02 Å². The van der Waals surface area contributed by atoms with Crippen molar-refractivity contribution in [3.05, 3.63) is 58.9 Å². The quantitative estimate of drug-likeness (QED) is 0.359. The highest BCUT2D eigenvalue weighted by molar-refractivity contribution is 6.35. The molecule has 0 atom stereocenters. The van der Waals surface area contributed by atoms with E-state index in [9.17, 15) is 4.79 Å². The molecule has 4 rings (SSSR count). The van der Waals surface area contributed by atoms with E-state index in [4.69, 9.17) is 21.1 Å². The van der Waals surface area contributed by atoms with Gasteiger partial charge in [0.2, 0.25) is 12.4 Å². The van der Waals surface area contributed by atoms with Gasteiger partial charge in [-0.3, -0.25) is 9.78 Å². The first-order chi connectivity index (χ1) is 16.0. The van der Waals surface area contributed by atoms with Gasteiger partial charge in [-0.25, -0.2) is 9.97 Å². The van der Waals surface area contributed by atoms with Gasteiger partial charge in [0.15, 0.2) is 0 Å². The molecule has 8 nitrogen and oxygen atoms in total. The smallest absolute Gasteiger partial charge is 0.227 e. The van der Waals surface area contributed by atoms with Crippen LogP contribution < -0.4 is 20.1 Å². The number of nitrogens with zero attached hydrogens (tertiary/aromatic N) is 3. The molecule has 0 saturated carbocycles. The third-order valence-electron chi connectivity index (χ3n) is 5.33. The maximum atomic E-state index is 10.9. The molecule has 9 heteroatoms. The highest BCUT2D eigenvalue weighted by atomic mass is 35.5. The normalized spacial score (nSPS) is 10.7. The Labute approximate surface area is 196 Å². The van der Waals surface area contributed by atoms with Gasteiger partial charge in [0.25, 0.3) is 0 Å². The number of ether oxygens (including phenoxy) is 2. The number of anilines is 3. The van der Waals surface area contributed by atoms with Gasteiger partial charge in [-0.15, -0.1) is 0 Å². The monoisotopic (exact) mass is 463 g/mol. The Balaban J connectivity index is 1.74. The number of rotatable bonds is 7. The number of hydrogen-bond donors (Lipinski definition) is 2. The van der Waals surface area contributed by atoms with Gasteiger partial charge in [-0.1, -0.05) is 23.7 Å². The molecule has 2 N–H and O–H groups in total. The van der Waals surface area contributed by atoms with Gasteiger partial charge in [-0.05, 0) is 31.5 Å². The molecule has 4 aromatic rings. The number of benzene rings is 2. The van der Waals surface area contributed by atoms with Crippen molar-refractivity contribution in [1.82, 2.24) is 15.0 Å². The summed E-state index contributed by atoms with van der Waals surface area (Å²) in [5, 5.41) is 7.12. The van der Waals surface area contributed by atoms with Crippen LogP contribution in [0.25, 0.3) is 22.2 Å². The molecule has 0 saturated heterocycles. The van der Waals surface area contributed by atoms with E-state index in [0.29, 0.717) is 45.8 Å². The summed E-state index contributed by atoms with van der Waals surface area (Å²) in [5.74, 6) is 1.55. The van der Waals surface area contributed by atoms with Crippen LogP contribution in [0.15, 0.2) is 42.7 Å². The van der Waals surface area contributed by atoms with Gasteiger partial charge in [0.1, 0.15) is 11.5 Å². The SMILES string of the molecule is COc1cc(OC)c(Cl)c(-c2cc3cnc(Nc4c(C)cccc4NC=O)nc3cn2)c1C. The van der Waals surface area contributed by atoms with E-state index in [1.165, 1.54) is 0 Å². The van der Waals surface area contributed by atoms with Crippen LogP contribution in [0.4, 0.5) is 17.3 Å². The Morgan fingerprint density at radius 1 is 1.03 bits per heavy atom. The van der Waals surface area contributed by atoms with Crippen molar-refractivity contribution in [1.29, 1.82) is 0 Å². The predicted molar refractivity (Wildman–Crippen MR) is 130 cm³/mol. The molecule has 1 amide bonds. The number of aryl methyl sites for hydroxylation is 1. The first-order valence-corrected chi connectivity index (χ1v) is 10.5. The third kappa shape index (κ3) is 4.25. The van der Waals surface area contributed by atoms with E-state index in [1.54, 1.807) is 38.7 Å². The Morgan fingerprint density at radius 3 is 2.55 bits per heavy atom. The molecule has 0 aliphatic rings. The van der Waals surface area contributed by atoms with Crippen molar-refractivity contribution in [2.75, 3.05) is 24.9 Å². The lowest BCUT2D eigenvalue weighted by molar-refractivity contribution is -0.105. The average Bonchev–Trinajstić information content (AvgIpc) is 2.82. The Morgan fingerprint density at radius 2 is 1.82 bits per heavy atom. The summed E-state index contributed by atoms with van der Waals surface area (Å²) in [4.78, 5) is 24.5. The molecule has 0 unspecified atom stereocenters. The lowest BCUT2D eigenvalue weighted by atomic mass is 10.0. The fourth-order valence-corrected chi connectivity index (χ4v) is 4.00. The molecular formula is C24H22ClN5O3. The van der Waals surface area contributed by atoms with Crippen LogP contribution in [0.3, 0.4) is 0 Å². The van der Waals surface area contributed by atoms with Crippen molar-refractivity contribution in [2.24, 2.45) is 0 Å². The minimum atomic E-state index is 0.387. The van der Waals surface area contributed by atoms with Crippen LogP contribution >= 0.6 is 11.6 Å². The first-order valence-electron chi connectivity index (χ1n) is 10.1. The summed E-state index contributed by atoms with van der Waals surface area (Å²) in [5.41, 5.74) is 5.18. The maximum absolute atomic E-state index is 10.9. The largest absolute Gasteiger partial charge is 0.496 e. The number of aromatic nitrogens is 3. The van der Waals surface area contributed by atoms with Crippen LogP contribution in [-0.2, 0) is 4.79 Å². The Kier molecular flexibility index (Phi) is 6.28. The minimum absolute atomic E-state index is 0.387. The second-order valence-electron chi connectivity index (χ2n) is 7.30. The van der Waals surface area contributed by atoms with Gasteiger partial charge in [-0.2, -0.15) is 0 Å². The second kappa shape index (κ2) is 9.30. The number of nitrogens with one attached hydrogen (secondary N) is 2. The molecule has 0 bridgehead atoms. The standard InChI is InChI=1S/C24H22ClN5O3/c1-13-6-5-7-16(28-12-31)23(13)30-24-27-10-15-8-17(26-11-18(15)29-24)21-14(2)19(32-3)9-20(33-4)22(21)25/h5-12H,1-4H3,(H,28,31)(H,27,29,30). The van der Waals surface area contributed by atoms with E-state index < -0.39 is 0 Å². The van der Waals surface area contributed by atoms with Gasteiger partial charge < -0.3 is 20.1 Å². The van der Waals surface area contributed by atoms with Gasteiger partial charge in [0, 0.05) is 28.8 Å². The van der Waals surface area contributed by atoms with E-state index in [2.05, 4.69) is 25.6 Å². The fraction of sp³-hybridized carbons (Fsp3) is 0.167. The Hall–Kier alpha value is -3.91. The molecule has 33 heavy (non-hydrogen) atoms. The van der Waals surface area contributed by atoms with Gasteiger partial charge in [0.05, 0.1) is 48.0 Å². The van der Waals surface area contributed by atoms with Crippen molar-refractivity contribution in [3.8, 4) is 22.8 Å². The highest BCUT2D eigenvalue weighted by Crippen LogP contribution is 2.42. The molecule has 0 aliphatic heterocycles. The number of fused-ring (bicyclic) bond motifs is 1. The first kappa shape index (κ1) is 22.3. The second-order valence-corrected chi connectivity index (χ2v) is 7.68. The predicted octanol–water partition coefficient (Wildman–Crippen LogP) is 5.29. The van der Waals surface area contributed by atoms with Crippen molar-refractivity contribution in [2.45, 2.75) is 13.8 Å². The number of para-hydroxylation sites is 1. The number of amides is 1. The minimum Gasteiger partial charge on any atom is -0.496 e. The molecule has 2 heterocycles. The summed E-state index contributed by atoms with van der Waals surface area (Å²) >= 11 is 6.61. The lowest BCUT2D eigenvalue weighted by Gasteiger charge is -2.16. The number of methoxy groups -OCH3 is 2. The summed E-state index contributed by atoms with van der Waals surface area (Å²) in [6.45, 7) is 3.85. The molecule has 2 aromatic carbocycles. The van der Waals surface area contributed by atoms with Gasteiger partial charge >= 0.3 is 0 Å². The number of carbonyl (C=O) groups excluding carboxylic acids is 1. The molecule has 0 radical (unpaired) electrons. The number of halogens is 1. The van der Waals surface area contributed by atoms with E-state index in [0.717, 1.165) is 27.8 Å². The van der Waals surface area contributed by atoms with Crippen LogP contribution in [0.1, 0.15) is 11.1 Å². The van der Waals surface area contributed by atoms with Crippen LogP contribution in [0.5, 0.6) is 11.5 Å². The molecular weight excluding hydrogens is 442 g/mol. The van der Waals surface area contributed by atoms with Crippen molar-refractivity contribution < 1.29 is 14.3 Å². The number of hydrogen-bond acceptors (Lipinski definition) is 7. The summed E-state index contributed by atoms with van der Waals surface area (Å²) in [6.07, 6.45) is 4.01. The zero-order chi connectivity index (χ0) is 23.5. The summed E-state index contributed by atoms with van der Waals surface area (Å²) < 4.78 is 10.9. The topological polar surface area (TPSA) is 98.3 Å². The Bertz CT molecular complexity index is 1330. The average molecular weight is 464 g/mol. The zero-order valence-corrected chi connectivity index (χ0v) is 19.3. The van der Waals surface area contributed by atoms with Crippen LogP contribution in [0, 0.1) is 13.8 Å².